The monoisotopic (exact) mass is 513 g/mol. The van der Waals surface area contributed by atoms with E-state index >= 15 is 0 Å². The molecule has 2 unspecified atom stereocenters. The quantitative estimate of drug-likeness (QED) is 0.529. The van der Waals surface area contributed by atoms with Gasteiger partial charge in [-0.15, -0.1) is 0 Å². The molecule has 1 aromatic heterocycles. The summed E-state index contributed by atoms with van der Waals surface area (Å²) in [5, 5.41) is 4.84. The molecule has 0 saturated carbocycles. The van der Waals surface area contributed by atoms with Crippen LogP contribution in [-0.2, 0) is 15.9 Å². The third-order valence-corrected chi connectivity index (χ3v) is 6.33. The van der Waals surface area contributed by atoms with E-state index in [2.05, 4.69) is 22.6 Å². The van der Waals surface area contributed by atoms with E-state index in [-0.39, 0.29) is 24.0 Å². The van der Waals surface area contributed by atoms with Crippen molar-refractivity contribution in [3.05, 3.63) is 44.0 Å². The Morgan fingerprint density at radius 1 is 1.28 bits per heavy atom. The molecule has 0 aliphatic carbocycles. The van der Waals surface area contributed by atoms with E-state index in [0.29, 0.717) is 30.8 Å². The number of nitrogens with zero attached hydrogens (tertiary/aromatic N) is 3. The number of rotatable bonds is 1. The van der Waals surface area contributed by atoms with Crippen LogP contribution >= 0.6 is 22.6 Å². The molecule has 3 heterocycles. The van der Waals surface area contributed by atoms with Gasteiger partial charge in [0.25, 0.3) is 0 Å². The number of carbonyl (C=O) groups is 1. The van der Waals surface area contributed by atoms with Gasteiger partial charge in [0, 0.05) is 12.0 Å². The Bertz CT molecular complexity index is 959. The van der Waals surface area contributed by atoms with Gasteiger partial charge in [-0.2, -0.15) is 5.10 Å². The highest BCUT2D eigenvalue weighted by molar-refractivity contribution is 14.1. The van der Waals surface area contributed by atoms with Gasteiger partial charge in [-0.1, -0.05) is 0 Å². The zero-order chi connectivity index (χ0) is 21.1. The van der Waals surface area contributed by atoms with Crippen molar-refractivity contribution in [3.8, 4) is 5.69 Å². The van der Waals surface area contributed by atoms with Gasteiger partial charge in [0.1, 0.15) is 15.1 Å². The predicted octanol–water partition coefficient (Wildman–Crippen LogP) is 4.47. The first-order chi connectivity index (χ1) is 13.6. The van der Waals surface area contributed by atoms with Gasteiger partial charge >= 0.3 is 6.09 Å². The number of aromatic nitrogens is 2. The van der Waals surface area contributed by atoms with Crippen molar-refractivity contribution in [3.63, 3.8) is 0 Å². The Morgan fingerprint density at radius 3 is 2.55 bits per heavy atom. The normalized spacial score (nSPS) is 21.1. The zero-order valence-corrected chi connectivity index (χ0v) is 19.4. The molecular weight excluding hydrogens is 488 g/mol. The van der Waals surface area contributed by atoms with Crippen LogP contribution < -0.4 is 0 Å². The first-order valence-electron chi connectivity index (χ1n) is 9.70. The van der Waals surface area contributed by atoms with Crippen molar-refractivity contribution in [1.82, 2.24) is 14.7 Å². The molecule has 1 saturated heterocycles. The van der Waals surface area contributed by atoms with E-state index in [1.165, 1.54) is 0 Å². The van der Waals surface area contributed by atoms with Gasteiger partial charge in [0.2, 0.25) is 0 Å². The number of hydrogen-bond acceptors (Lipinski definition) is 4. The van der Waals surface area contributed by atoms with Crippen LogP contribution in [0, 0.1) is 23.4 Å². The standard InChI is InChI=1S/C21H25FIN3O3/c1-11-6-13(7-12(2)18(11)22)26-19(23)17-15(24-26)8-14-9-28-10-16(17)25(14)20(27)29-21(3,4)5/h6-7,14,16H,8-10H2,1-5H3. The first-order valence-corrected chi connectivity index (χ1v) is 10.8. The van der Waals surface area contributed by atoms with Crippen molar-refractivity contribution in [1.29, 1.82) is 0 Å². The van der Waals surface area contributed by atoms with Gasteiger partial charge in [-0.25, -0.2) is 13.9 Å². The fraction of sp³-hybridized carbons (Fsp3) is 0.524. The summed E-state index contributed by atoms with van der Waals surface area (Å²) >= 11 is 2.26. The fourth-order valence-electron chi connectivity index (χ4n) is 4.07. The van der Waals surface area contributed by atoms with Gasteiger partial charge in [-0.05, 0) is 80.5 Å². The molecule has 2 aliphatic heterocycles. The van der Waals surface area contributed by atoms with Crippen molar-refractivity contribution >= 4 is 28.7 Å². The summed E-state index contributed by atoms with van der Waals surface area (Å²) in [5.74, 6) is -0.193. The second-order valence-electron chi connectivity index (χ2n) is 8.76. The van der Waals surface area contributed by atoms with Crippen molar-refractivity contribution in [2.75, 3.05) is 13.2 Å². The van der Waals surface area contributed by atoms with Crippen LogP contribution in [0.2, 0.25) is 0 Å². The van der Waals surface area contributed by atoms with E-state index in [0.717, 1.165) is 20.6 Å². The number of amides is 1. The van der Waals surface area contributed by atoms with E-state index in [1.807, 2.05) is 30.4 Å². The third kappa shape index (κ3) is 3.65. The van der Waals surface area contributed by atoms with E-state index < -0.39 is 5.60 Å². The molecule has 0 N–H and O–H groups in total. The van der Waals surface area contributed by atoms with Gasteiger partial charge in [0.05, 0.1) is 36.7 Å². The maximum atomic E-state index is 14.1. The molecule has 8 heteroatoms. The number of benzene rings is 1. The SMILES string of the molecule is Cc1cc(-n2nc3c(c2I)C2COCC(C3)N2C(=O)OC(C)(C)C)cc(C)c1F. The summed E-state index contributed by atoms with van der Waals surface area (Å²) in [5.41, 5.74) is 3.38. The molecule has 2 aliphatic rings. The largest absolute Gasteiger partial charge is 0.444 e. The summed E-state index contributed by atoms with van der Waals surface area (Å²) in [7, 11) is 0. The average Bonchev–Trinajstić information content (AvgIpc) is 2.93. The minimum absolute atomic E-state index is 0.105. The number of hydrogen-bond donors (Lipinski definition) is 0. The Morgan fingerprint density at radius 2 is 1.93 bits per heavy atom. The van der Waals surface area contributed by atoms with Crippen LogP contribution in [0.3, 0.4) is 0 Å². The molecule has 1 amide bonds. The molecule has 2 aromatic rings. The topological polar surface area (TPSA) is 56.6 Å². The van der Waals surface area contributed by atoms with Crippen LogP contribution in [-0.4, -0.2) is 45.6 Å². The highest BCUT2D eigenvalue weighted by atomic mass is 127. The number of carbonyl (C=O) groups excluding carboxylic acids is 1. The second-order valence-corrected chi connectivity index (χ2v) is 9.78. The Labute approximate surface area is 183 Å². The summed E-state index contributed by atoms with van der Waals surface area (Å²) < 4.78 is 28.3. The third-order valence-electron chi connectivity index (χ3n) is 5.29. The lowest BCUT2D eigenvalue weighted by molar-refractivity contribution is -0.0677. The molecule has 4 rings (SSSR count). The molecule has 0 radical (unpaired) electrons. The summed E-state index contributed by atoms with van der Waals surface area (Å²) in [6.45, 7) is 9.99. The number of halogens is 2. The number of ether oxygens (including phenoxy) is 2. The lowest BCUT2D eigenvalue weighted by Gasteiger charge is -2.45. The van der Waals surface area contributed by atoms with Crippen LogP contribution in [0.4, 0.5) is 9.18 Å². The maximum absolute atomic E-state index is 14.1. The molecule has 156 valence electrons. The van der Waals surface area contributed by atoms with E-state index in [4.69, 9.17) is 14.6 Å². The predicted molar refractivity (Wildman–Crippen MR) is 115 cm³/mol. The number of fused-ring (bicyclic) bond motifs is 4. The summed E-state index contributed by atoms with van der Waals surface area (Å²) in [6.07, 6.45) is 0.284. The lowest BCUT2D eigenvalue weighted by Crippen LogP contribution is -2.55. The molecule has 6 nitrogen and oxygen atoms in total. The minimum atomic E-state index is -0.562. The van der Waals surface area contributed by atoms with Crippen LogP contribution in [0.15, 0.2) is 12.1 Å². The molecule has 2 bridgehead atoms. The second kappa shape index (κ2) is 7.23. The average molecular weight is 513 g/mol. The molecule has 29 heavy (non-hydrogen) atoms. The highest BCUT2D eigenvalue weighted by Crippen LogP contribution is 2.40. The van der Waals surface area contributed by atoms with Crippen LogP contribution in [0.25, 0.3) is 5.69 Å². The number of aryl methyl sites for hydroxylation is 2. The first kappa shape index (κ1) is 20.6. The summed E-state index contributed by atoms with van der Waals surface area (Å²) in [4.78, 5) is 14.7. The van der Waals surface area contributed by atoms with Crippen molar-refractivity contribution in [2.45, 2.75) is 58.7 Å². The Kier molecular flexibility index (Phi) is 5.13. The molecule has 0 spiro atoms. The van der Waals surface area contributed by atoms with Crippen LogP contribution in [0.1, 0.15) is 49.2 Å². The van der Waals surface area contributed by atoms with Gasteiger partial charge < -0.3 is 9.47 Å². The Balaban J connectivity index is 1.76. The molecule has 2 atom stereocenters. The van der Waals surface area contributed by atoms with E-state index in [1.54, 1.807) is 26.0 Å². The van der Waals surface area contributed by atoms with Crippen LogP contribution in [0.5, 0.6) is 0 Å². The van der Waals surface area contributed by atoms with Gasteiger partial charge in [-0.3, -0.25) is 4.90 Å². The molecular formula is C21H25FIN3O3. The zero-order valence-electron chi connectivity index (χ0n) is 17.3. The van der Waals surface area contributed by atoms with E-state index in [9.17, 15) is 9.18 Å². The fourth-order valence-corrected chi connectivity index (χ4v) is 5.13. The molecule has 1 fully saturated rings. The smallest absolute Gasteiger partial charge is 0.411 e. The van der Waals surface area contributed by atoms with Crippen molar-refractivity contribution < 1.29 is 18.7 Å². The van der Waals surface area contributed by atoms with Gasteiger partial charge in [0.15, 0.2) is 0 Å². The Hall–Kier alpha value is -1.68. The highest BCUT2D eigenvalue weighted by Gasteiger charge is 2.45. The maximum Gasteiger partial charge on any atom is 0.411 e. The van der Waals surface area contributed by atoms with Crippen molar-refractivity contribution in [2.24, 2.45) is 0 Å². The minimum Gasteiger partial charge on any atom is -0.444 e. The summed E-state index contributed by atoms with van der Waals surface area (Å²) in [6, 6.07) is 3.26. The number of morpholine rings is 1. The molecule has 1 aromatic carbocycles. The lowest BCUT2D eigenvalue weighted by atomic mass is 9.93.